The normalized spacial score (nSPS) is 45.0. The molecule has 1 N–H and O–H groups in total. The highest BCUT2D eigenvalue weighted by Crippen LogP contribution is 2.34. The van der Waals surface area contributed by atoms with Gasteiger partial charge >= 0.3 is 0 Å². The number of hydrogen-bond acceptors (Lipinski definition) is 3. The second kappa shape index (κ2) is 2.73. The average molecular weight is 158 g/mol. The molecular formula is C8H14O3. The van der Waals surface area contributed by atoms with Crippen molar-refractivity contribution in [1.82, 2.24) is 0 Å². The van der Waals surface area contributed by atoms with Crippen LogP contribution >= 0.6 is 0 Å². The van der Waals surface area contributed by atoms with Crippen LogP contribution in [0, 0.1) is 0 Å². The van der Waals surface area contributed by atoms with Gasteiger partial charge in [-0.15, -0.1) is 0 Å². The minimum atomic E-state index is -0.948. The van der Waals surface area contributed by atoms with Crippen LogP contribution < -0.4 is 0 Å². The van der Waals surface area contributed by atoms with Gasteiger partial charge in [0, 0.05) is 13.0 Å². The van der Waals surface area contributed by atoms with Crippen LogP contribution in [0.2, 0.25) is 0 Å². The largest absolute Gasteiger partial charge is 0.373 e. The Balaban J connectivity index is 2.09. The van der Waals surface area contributed by atoms with Crippen molar-refractivity contribution in [2.24, 2.45) is 0 Å². The predicted octanol–water partition coefficient (Wildman–Crippen LogP) is 0.664. The fourth-order valence-corrected chi connectivity index (χ4v) is 1.84. The lowest BCUT2D eigenvalue weighted by Gasteiger charge is -2.26. The first-order valence-corrected chi connectivity index (χ1v) is 4.29. The lowest BCUT2D eigenvalue weighted by Crippen LogP contribution is -2.40. The van der Waals surface area contributed by atoms with E-state index in [0.29, 0.717) is 6.61 Å². The SMILES string of the molecule is OC12CCCC1OCCCO2. The Bertz CT molecular complexity index is 148. The molecule has 11 heavy (non-hydrogen) atoms. The number of fused-ring (bicyclic) bond motifs is 1. The maximum absolute atomic E-state index is 9.84. The molecule has 1 saturated carbocycles. The van der Waals surface area contributed by atoms with Crippen LogP contribution in [0.3, 0.4) is 0 Å². The smallest absolute Gasteiger partial charge is 0.192 e. The topological polar surface area (TPSA) is 38.7 Å². The summed E-state index contributed by atoms with van der Waals surface area (Å²) in [4.78, 5) is 0. The average Bonchev–Trinajstić information content (AvgIpc) is 2.24. The third-order valence-electron chi connectivity index (χ3n) is 2.46. The summed E-state index contributed by atoms with van der Waals surface area (Å²) in [5.74, 6) is -0.948. The highest BCUT2D eigenvalue weighted by atomic mass is 16.7. The molecule has 1 aliphatic carbocycles. The van der Waals surface area contributed by atoms with Crippen molar-refractivity contribution in [3.63, 3.8) is 0 Å². The zero-order valence-corrected chi connectivity index (χ0v) is 6.58. The van der Waals surface area contributed by atoms with Crippen LogP contribution in [0.25, 0.3) is 0 Å². The van der Waals surface area contributed by atoms with Crippen molar-refractivity contribution < 1.29 is 14.6 Å². The molecule has 0 aromatic heterocycles. The van der Waals surface area contributed by atoms with E-state index < -0.39 is 5.79 Å². The maximum atomic E-state index is 9.84. The molecule has 0 spiro atoms. The van der Waals surface area contributed by atoms with Gasteiger partial charge in [0.1, 0.15) is 6.10 Å². The molecule has 2 atom stereocenters. The van der Waals surface area contributed by atoms with Gasteiger partial charge in [-0.3, -0.25) is 0 Å². The first-order valence-electron chi connectivity index (χ1n) is 4.29. The molecule has 2 rings (SSSR count). The molecule has 0 bridgehead atoms. The van der Waals surface area contributed by atoms with Gasteiger partial charge in [0.2, 0.25) is 0 Å². The Hall–Kier alpha value is -0.120. The zero-order chi connectivity index (χ0) is 7.73. The summed E-state index contributed by atoms with van der Waals surface area (Å²) in [6, 6.07) is 0. The summed E-state index contributed by atoms with van der Waals surface area (Å²) >= 11 is 0. The Morgan fingerprint density at radius 1 is 1.27 bits per heavy atom. The number of aliphatic hydroxyl groups is 1. The second-order valence-electron chi connectivity index (χ2n) is 3.30. The quantitative estimate of drug-likeness (QED) is 0.563. The van der Waals surface area contributed by atoms with Crippen LogP contribution in [0.5, 0.6) is 0 Å². The summed E-state index contributed by atoms with van der Waals surface area (Å²) < 4.78 is 10.8. The van der Waals surface area contributed by atoms with Crippen molar-refractivity contribution in [2.45, 2.75) is 37.6 Å². The van der Waals surface area contributed by atoms with E-state index in [-0.39, 0.29) is 6.10 Å². The maximum Gasteiger partial charge on any atom is 0.192 e. The van der Waals surface area contributed by atoms with E-state index >= 15 is 0 Å². The van der Waals surface area contributed by atoms with E-state index in [2.05, 4.69) is 0 Å². The molecule has 0 amide bonds. The summed E-state index contributed by atoms with van der Waals surface area (Å²) in [6.07, 6.45) is 3.53. The van der Waals surface area contributed by atoms with Crippen molar-refractivity contribution >= 4 is 0 Å². The zero-order valence-electron chi connectivity index (χ0n) is 6.58. The van der Waals surface area contributed by atoms with Crippen molar-refractivity contribution in [2.75, 3.05) is 13.2 Å². The van der Waals surface area contributed by atoms with Gasteiger partial charge in [0.05, 0.1) is 6.61 Å². The highest BCUT2D eigenvalue weighted by Gasteiger charge is 2.44. The molecule has 0 aromatic carbocycles. The van der Waals surface area contributed by atoms with Crippen molar-refractivity contribution in [3.05, 3.63) is 0 Å². The summed E-state index contributed by atoms with van der Waals surface area (Å²) in [6.45, 7) is 1.36. The number of ether oxygens (including phenoxy) is 2. The lowest BCUT2D eigenvalue weighted by molar-refractivity contribution is -0.236. The van der Waals surface area contributed by atoms with Gasteiger partial charge in [-0.25, -0.2) is 0 Å². The Morgan fingerprint density at radius 3 is 3.09 bits per heavy atom. The molecule has 2 fully saturated rings. The van der Waals surface area contributed by atoms with Gasteiger partial charge in [0.15, 0.2) is 5.79 Å². The second-order valence-corrected chi connectivity index (χ2v) is 3.30. The number of rotatable bonds is 0. The third-order valence-corrected chi connectivity index (χ3v) is 2.46. The summed E-state index contributed by atoms with van der Waals surface area (Å²) in [7, 11) is 0. The Labute approximate surface area is 66.3 Å². The van der Waals surface area contributed by atoms with Crippen LogP contribution in [0.1, 0.15) is 25.7 Å². The van der Waals surface area contributed by atoms with Crippen LogP contribution in [-0.2, 0) is 9.47 Å². The minimum Gasteiger partial charge on any atom is -0.373 e. The van der Waals surface area contributed by atoms with Crippen LogP contribution in [0.4, 0.5) is 0 Å². The molecule has 0 radical (unpaired) electrons. The first kappa shape index (κ1) is 7.53. The van der Waals surface area contributed by atoms with Gasteiger partial charge < -0.3 is 14.6 Å². The molecule has 64 valence electrons. The molecule has 1 saturated heterocycles. The lowest BCUT2D eigenvalue weighted by atomic mass is 10.2. The fourth-order valence-electron chi connectivity index (χ4n) is 1.84. The van der Waals surface area contributed by atoms with Gasteiger partial charge in [-0.05, 0) is 19.3 Å². The standard InChI is InChI=1S/C8H14O3/c9-8-4-1-3-7(8)10-5-2-6-11-8/h7,9H,1-6H2. The summed E-state index contributed by atoms with van der Waals surface area (Å²) in [5, 5.41) is 9.84. The molecular weight excluding hydrogens is 144 g/mol. The van der Waals surface area contributed by atoms with E-state index in [9.17, 15) is 5.11 Å². The summed E-state index contributed by atoms with van der Waals surface area (Å²) in [5.41, 5.74) is 0. The Kier molecular flexibility index (Phi) is 1.87. The third kappa shape index (κ3) is 1.28. The van der Waals surface area contributed by atoms with E-state index in [1.54, 1.807) is 0 Å². The van der Waals surface area contributed by atoms with E-state index in [0.717, 1.165) is 32.3 Å². The van der Waals surface area contributed by atoms with Gasteiger partial charge in [-0.2, -0.15) is 0 Å². The molecule has 1 aliphatic heterocycles. The first-order chi connectivity index (χ1) is 5.31. The monoisotopic (exact) mass is 158 g/mol. The van der Waals surface area contributed by atoms with Gasteiger partial charge in [0.25, 0.3) is 0 Å². The van der Waals surface area contributed by atoms with Crippen LogP contribution in [0.15, 0.2) is 0 Å². The van der Waals surface area contributed by atoms with Crippen molar-refractivity contribution in [1.29, 1.82) is 0 Å². The van der Waals surface area contributed by atoms with E-state index in [4.69, 9.17) is 9.47 Å². The molecule has 2 unspecified atom stereocenters. The minimum absolute atomic E-state index is 0.0648. The van der Waals surface area contributed by atoms with E-state index in [1.165, 1.54) is 0 Å². The molecule has 3 heteroatoms. The number of hydrogen-bond donors (Lipinski definition) is 1. The van der Waals surface area contributed by atoms with Gasteiger partial charge in [-0.1, -0.05) is 0 Å². The Morgan fingerprint density at radius 2 is 2.18 bits per heavy atom. The molecule has 1 heterocycles. The predicted molar refractivity (Wildman–Crippen MR) is 39.1 cm³/mol. The van der Waals surface area contributed by atoms with Crippen LogP contribution in [-0.4, -0.2) is 30.2 Å². The van der Waals surface area contributed by atoms with E-state index in [1.807, 2.05) is 0 Å². The fraction of sp³-hybridized carbons (Fsp3) is 1.00. The molecule has 2 aliphatic rings. The molecule has 0 aromatic rings. The molecule has 3 nitrogen and oxygen atoms in total. The van der Waals surface area contributed by atoms with Crippen molar-refractivity contribution in [3.8, 4) is 0 Å². The highest BCUT2D eigenvalue weighted by molar-refractivity contribution is 4.87.